The van der Waals surface area contributed by atoms with Gasteiger partial charge in [0, 0.05) is 11.1 Å². The number of hydrogen-bond donors (Lipinski definition) is 3. The Bertz CT molecular complexity index is 377. The van der Waals surface area contributed by atoms with Crippen LogP contribution in [-0.2, 0) is 0 Å². The summed E-state index contributed by atoms with van der Waals surface area (Å²) in [7, 11) is 0. The number of aliphatic hydroxyl groups excluding tert-OH is 1. The Hall–Kier alpha value is -1.48. The number of aliphatic hydroxyl groups is 1. The molecule has 1 rings (SSSR count). The molecule has 82 valence electrons. The van der Waals surface area contributed by atoms with Crippen molar-refractivity contribution >= 4 is 6.08 Å². The van der Waals surface area contributed by atoms with Crippen LogP contribution in [-0.4, -0.2) is 21.9 Å². The fourth-order valence-electron chi connectivity index (χ4n) is 1.52. The normalized spacial score (nSPS) is 11.2. The molecule has 0 aliphatic heterocycles. The quantitative estimate of drug-likeness (QED) is 0.652. The van der Waals surface area contributed by atoms with Crippen LogP contribution in [0.25, 0.3) is 6.08 Å². The minimum absolute atomic E-state index is 0.0907. The second-order valence-corrected chi connectivity index (χ2v) is 3.57. The third kappa shape index (κ3) is 1.97. The van der Waals surface area contributed by atoms with Crippen LogP contribution in [0.15, 0.2) is 6.08 Å². The van der Waals surface area contributed by atoms with Crippen molar-refractivity contribution in [2.45, 2.75) is 20.8 Å². The average molecular weight is 208 g/mol. The van der Waals surface area contributed by atoms with Crippen LogP contribution in [0.2, 0.25) is 0 Å². The average Bonchev–Trinajstić information content (AvgIpc) is 2.24. The maximum absolute atomic E-state index is 9.87. The van der Waals surface area contributed by atoms with E-state index >= 15 is 0 Å². The highest BCUT2D eigenvalue weighted by Crippen LogP contribution is 2.36. The maximum atomic E-state index is 9.87. The number of phenols is 2. The molecule has 0 saturated heterocycles. The summed E-state index contributed by atoms with van der Waals surface area (Å²) >= 11 is 0. The van der Waals surface area contributed by atoms with E-state index in [2.05, 4.69) is 0 Å². The first-order valence-electron chi connectivity index (χ1n) is 4.79. The summed E-state index contributed by atoms with van der Waals surface area (Å²) < 4.78 is 0. The van der Waals surface area contributed by atoms with E-state index in [0.29, 0.717) is 22.3 Å². The number of benzene rings is 1. The molecule has 0 unspecified atom stereocenters. The lowest BCUT2D eigenvalue weighted by atomic mass is 9.97. The van der Waals surface area contributed by atoms with Gasteiger partial charge in [-0.05, 0) is 31.9 Å². The summed E-state index contributed by atoms with van der Waals surface area (Å²) in [4.78, 5) is 0. The topological polar surface area (TPSA) is 60.7 Å². The Morgan fingerprint density at radius 3 is 2.00 bits per heavy atom. The molecule has 3 N–H and O–H groups in total. The van der Waals surface area contributed by atoms with Gasteiger partial charge in [-0.15, -0.1) is 0 Å². The van der Waals surface area contributed by atoms with Gasteiger partial charge >= 0.3 is 0 Å². The first kappa shape index (κ1) is 11.6. The first-order chi connectivity index (χ1) is 7.00. The Morgan fingerprint density at radius 1 is 0.933 bits per heavy atom. The molecule has 0 aliphatic rings. The smallest absolute Gasteiger partial charge is 0.126 e. The Kier molecular flexibility index (Phi) is 3.37. The van der Waals surface area contributed by atoms with Crippen LogP contribution >= 0.6 is 0 Å². The van der Waals surface area contributed by atoms with Crippen LogP contribution < -0.4 is 0 Å². The summed E-state index contributed by atoms with van der Waals surface area (Å²) in [6, 6.07) is 0. The Balaban J connectivity index is 3.45. The highest BCUT2D eigenvalue weighted by Gasteiger charge is 2.13. The van der Waals surface area contributed by atoms with E-state index in [4.69, 9.17) is 5.11 Å². The molecule has 1 aromatic carbocycles. The molecule has 1 aromatic rings. The molecular weight excluding hydrogens is 192 g/mol. The molecule has 15 heavy (non-hydrogen) atoms. The summed E-state index contributed by atoms with van der Waals surface area (Å²) in [5.74, 6) is 0.357. The van der Waals surface area contributed by atoms with E-state index in [1.165, 1.54) is 6.08 Å². The van der Waals surface area contributed by atoms with E-state index in [0.717, 1.165) is 0 Å². The van der Waals surface area contributed by atoms with E-state index in [1.54, 1.807) is 26.8 Å². The van der Waals surface area contributed by atoms with Gasteiger partial charge in [-0.3, -0.25) is 0 Å². The third-order valence-electron chi connectivity index (χ3n) is 2.68. The first-order valence-corrected chi connectivity index (χ1v) is 4.79. The SMILES string of the molecule is Cc1c(C)c(O)c(/C=C/CO)c(C)c1O. The molecule has 0 radical (unpaired) electrons. The van der Waals surface area contributed by atoms with Gasteiger partial charge in [0.05, 0.1) is 6.61 Å². The molecule has 0 saturated carbocycles. The van der Waals surface area contributed by atoms with Crippen molar-refractivity contribution in [3.05, 3.63) is 28.3 Å². The van der Waals surface area contributed by atoms with Crippen molar-refractivity contribution in [2.24, 2.45) is 0 Å². The van der Waals surface area contributed by atoms with Crippen molar-refractivity contribution in [3.8, 4) is 11.5 Å². The molecule has 0 heterocycles. The van der Waals surface area contributed by atoms with Crippen LogP contribution in [0, 0.1) is 20.8 Å². The predicted molar refractivity (Wildman–Crippen MR) is 60.1 cm³/mol. The molecule has 3 nitrogen and oxygen atoms in total. The fourth-order valence-corrected chi connectivity index (χ4v) is 1.52. The predicted octanol–water partition coefficient (Wildman–Crippen LogP) is 2.03. The van der Waals surface area contributed by atoms with E-state index in [9.17, 15) is 10.2 Å². The van der Waals surface area contributed by atoms with Crippen molar-refractivity contribution < 1.29 is 15.3 Å². The van der Waals surface area contributed by atoms with Crippen molar-refractivity contribution in [3.63, 3.8) is 0 Å². The molecule has 0 amide bonds. The molecule has 0 bridgehead atoms. The zero-order valence-electron chi connectivity index (χ0n) is 9.20. The number of hydrogen-bond acceptors (Lipinski definition) is 3. The van der Waals surface area contributed by atoms with Crippen LogP contribution in [0.1, 0.15) is 22.3 Å². The van der Waals surface area contributed by atoms with Gasteiger partial charge in [0.15, 0.2) is 0 Å². The van der Waals surface area contributed by atoms with Crippen molar-refractivity contribution in [1.82, 2.24) is 0 Å². The van der Waals surface area contributed by atoms with Gasteiger partial charge in [-0.1, -0.05) is 12.2 Å². The molecule has 3 heteroatoms. The lowest BCUT2D eigenvalue weighted by molar-refractivity contribution is 0.343. The highest BCUT2D eigenvalue weighted by molar-refractivity contribution is 5.68. The number of aromatic hydroxyl groups is 2. The number of rotatable bonds is 2. The van der Waals surface area contributed by atoms with Crippen molar-refractivity contribution in [2.75, 3.05) is 6.61 Å². The Morgan fingerprint density at radius 2 is 1.47 bits per heavy atom. The van der Waals surface area contributed by atoms with Gasteiger partial charge in [-0.2, -0.15) is 0 Å². The third-order valence-corrected chi connectivity index (χ3v) is 2.68. The molecule has 0 spiro atoms. The molecule has 0 fully saturated rings. The molecule has 0 aliphatic carbocycles. The van der Waals surface area contributed by atoms with E-state index < -0.39 is 0 Å². The summed E-state index contributed by atoms with van der Waals surface area (Å²) in [5, 5.41) is 28.3. The molecule has 0 aromatic heterocycles. The zero-order valence-corrected chi connectivity index (χ0v) is 9.20. The highest BCUT2D eigenvalue weighted by atomic mass is 16.3. The minimum Gasteiger partial charge on any atom is -0.507 e. The standard InChI is InChI=1S/C12H16O3/c1-7-8(2)12(15)10(5-4-6-13)9(3)11(7)14/h4-5,13-15H,6H2,1-3H3/b5-4+. The van der Waals surface area contributed by atoms with E-state index in [-0.39, 0.29) is 18.1 Å². The van der Waals surface area contributed by atoms with Crippen LogP contribution in [0.5, 0.6) is 11.5 Å². The zero-order chi connectivity index (χ0) is 11.6. The second kappa shape index (κ2) is 4.36. The van der Waals surface area contributed by atoms with E-state index in [1.807, 2.05) is 0 Å². The molecule has 0 atom stereocenters. The van der Waals surface area contributed by atoms with Gasteiger partial charge in [0.2, 0.25) is 0 Å². The summed E-state index contributed by atoms with van der Waals surface area (Å²) in [6.45, 7) is 5.15. The van der Waals surface area contributed by atoms with Gasteiger partial charge in [-0.25, -0.2) is 0 Å². The van der Waals surface area contributed by atoms with Gasteiger partial charge in [0.25, 0.3) is 0 Å². The maximum Gasteiger partial charge on any atom is 0.126 e. The minimum atomic E-state index is -0.0907. The van der Waals surface area contributed by atoms with Crippen LogP contribution in [0.4, 0.5) is 0 Å². The van der Waals surface area contributed by atoms with Crippen molar-refractivity contribution in [1.29, 1.82) is 0 Å². The molecular formula is C12H16O3. The van der Waals surface area contributed by atoms with Gasteiger partial charge < -0.3 is 15.3 Å². The van der Waals surface area contributed by atoms with Crippen LogP contribution in [0.3, 0.4) is 0 Å². The largest absolute Gasteiger partial charge is 0.507 e. The second-order valence-electron chi connectivity index (χ2n) is 3.57. The fraction of sp³-hybridized carbons (Fsp3) is 0.333. The monoisotopic (exact) mass is 208 g/mol. The lowest BCUT2D eigenvalue weighted by Gasteiger charge is -2.13. The number of phenolic OH excluding ortho intramolecular Hbond substituents is 2. The summed E-state index contributed by atoms with van der Waals surface area (Å²) in [6.07, 6.45) is 3.13. The van der Waals surface area contributed by atoms with Gasteiger partial charge in [0.1, 0.15) is 11.5 Å². The Labute approximate surface area is 89.3 Å². The summed E-state index contributed by atoms with van der Waals surface area (Å²) in [5.41, 5.74) is 2.53. The lowest BCUT2D eigenvalue weighted by Crippen LogP contribution is -1.92.